The van der Waals surface area contributed by atoms with E-state index in [1.807, 2.05) is 12.2 Å². The zero-order valence-corrected chi connectivity index (χ0v) is 41.9. The minimum absolute atomic E-state index is 0.0290. The summed E-state index contributed by atoms with van der Waals surface area (Å²) in [6.45, 7) is 6.30. The fourth-order valence-corrected chi connectivity index (χ4v) is 7.72. The van der Waals surface area contributed by atoms with Crippen LogP contribution in [0.5, 0.6) is 0 Å². The molecule has 0 aliphatic carbocycles. The van der Waals surface area contributed by atoms with Crippen LogP contribution in [0, 0.1) is 0 Å². The number of hydrogen-bond acceptors (Lipinski definition) is 5. The molecule has 64 heavy (non-hydrogen) atoms. The number of allylic oxidation sites excluding steroid dienone is 14. The van der Waals surface area contributed by atoms with Crippen molar-refractivity contribution in [3.8, 4) is 0 Å². The first-order valence-electron chi connectivity index (χ1n) is 26.8. The molecule has 0 heterocycles. The number of carbonyl (C=O) groups excluding carboxylic acids is 2. The van der Waals surface area contributed by atoms with E-state index in [0.717, 1.165) is 77.0 Å². The Morgan fingerprint density at radius 3 is 1.44 bits per heavy atom. The first kappa shape index (κ1) is 61.0. The number of esters is 1. The predicted molar refractivity (Wildman–Crippen MR) is 278 cm³/mol. The van der Waals surface area contributed by atoms with E-state index < -0.39 is 18.2 Å². The van der Waals surface area contributed by atoms with E-state index in [-0.39, 0.29) is 24.9 Å². The van der Waals surface area contributed by atoms with Crippen molar-refractivity contribution in [1.82, 2.24) is 5.32 Å². The summed E-state index contributed by atoms with van der Waals surface area (Å²) >= 11 is 0. The van der Waals surface area contributed by atoms with Gasteiger partial charge in [0.05, 0.1) is 25.2 Å². The maximum absolute atomic E-state index is 13.2. The molecule has 3 N–H and O–H groups in total. The van der Waals surface area contributed by atoms with Crippen molar-refractivity contribution < 1.29 is 24.5 Å². The SMILES string of the molecule is CC/C=C/C=C/C=C\CCCCCC(CC(=O)NC(CO)C(O)CCCCCCCCCCCCCCCCCCC)OC(=O)CCC/C=C\C/C=C\C/C=C\C/C=C\CCCCC. The molecule has 0 aromatic heterocycles. The molecule has 6 heteroatoms. The first-order valence-corrected chi connectivity index (χ1v) is 26.8. The molecule has 0 aliphatic heterocycles. The largest absolute Gasteiger partial charge is 0.462 e. The van der Waals surface area contributed by atoms with Gasteiger partial charge in [0, 0.05) is 6.42 Å². The van der Waals surface area contributed by atoms with Gasteiger partial charge in [0.2, 0.25) is 5.91 Å². The highest BCUT2D eigenvalue weighted by Gasteiger charge is 2.24. The van der Waals surface area contributed by atoms with Crippen LogP contribution in [0.3, 0.4) is 0 Å². The zero-order chi connectivity index (χ0) is 46.7. The molecule has 0 saturated carbocycles. The lowest BCUT2D eigenvalue weighted by Crippen LogP contribution is -2.46. The maximum atomic E-state index is 13.2. The second kappa shape index (κ2) is 51.0. The van der Waals surface area contributed by atoms with Crippen LogP contribution >= 0.6 is 0 Å². The highest BCUT2D eigenvalue weighted by molar-refractivity contribution is 5.77. The van der Waals surface area contributed by atoms with Gasteiger partial charge in [-0.15, -0.1) is 0 Å². The molecule has 1 amide bonds. The van der Waals surface area contributed by atoms with Gasteiger partial charge >= 0.3 is 5.97 Å². The molecule has 3 atom stereocenters. The van der Waals surface area contributed by atoms with Gasteiger partial charge in [-0.25, -0.2) is 0 Å². The van der Waals surface area contributed by atoms with Crippen LogP contribution < -0.4 is 5.32 Å². The molecule has 368 valence electrons. The van der Waals surface area contributed by atoms with E-state index in [9.17, 15) is 19.8 Å². The fourth-order valence-electron chi connectivity index (χ4n) is 7.72. The van der Waals surface area contributed by atoms with Crippen molar-refractivity contribution in [2.24, 2.45) is 0 Å². The van der Waals surface area contributed by atoms with Gasteiger partial charge in [-0.1, -0.05) is 234 Å². The summed E-state index contributed by atoms with van der Waals surface area (Å²) in [6, 6.07) is -0.728. The molecule has 6 nitrogen and oxygen atoms in total. The molecule has 0 aromatic carbocycles. The number of amides is 1. The Labute approximate surface area is 395 Å². The standard InChI is InChI=1S/C58H101NO5/c1-4-7-10-13-16-19-22-24-26-28-30-32-35-38-41-44-47-50-56(61)55(53-60)59-57(62)52-54(49-46-43-40-37-34-21-18-15-12-9-6-3)64-58(63)51-48-45-42-39-36-33-31-29-27-25-23-20-17-14-11-8-5-2/h9,12,15,17-18,20-21,25,27,31,33-34,39,42,54-56,60-61H,4-8,10-11,13-14,16,19,22-24,26,28-30,32,35-38,40-41,43-53H2,1-3H3,(H,59,62)/b12-9+,18-15+,20-17-,27-25-,33-31-,34-21-,42-39-. The molecular formula is C58H101NO5. The average Bonchev–Trinajstić information content (AvgIpc) is 3.29. The molecule has 0 fully saturated rings. The zero-order valence-electron chi connectivity index (χ0n) is 41.9. The van der Waals surface area contributed by atoms with Crippen molar-refractivity contribution in [1.29, 1.82) is 0 Å². The number of hydrogen-bond donors (Lipinski definition) is 3. The Bertz CT molecular complexity index is 1230. The predicted octanol–water partition coefficient (Wildman–Crippen LogP) is 16.3. The highest BCUT2D eigenvalue weighted by Crippen LogP contribution is 2.17. The van der Waals surface area contributed by atoms with Gasteiger partial charge in [-0.2, -0.15) is 0 Å². The van der Waals surface area contributed by atoms with E-state index in [1.165, 1.54) is 116 Å². The van der Waals surface area contributed by atoms with Crippen LogP contribution in [0.4, 0.5) is 0 Å². The summed E-state index contributed by atoms with van der Waals surface area (Å²) in [7, 11) is 0. The number of aliphatic hydroxyl groups excluding tert-OH is 2. The van der Waals surface area contributed by atoms with Gasteiger partial charge < -0.3 is 20.3 Å². The van der Waals surface area contributed by atoms with Gasteiger partial charge in [-0.3, -0.25) is 9.59 Å². The van der Waals surface area contributed by atoms with E-state index in [2.05, 4.69) is 99.0 Å². The molecular weight excluding hydrogens is 791 g/mol. The minimum atomic E-state index is -0.811. The first-order chi connectivity index (χ1) is 31.5. The van der Waals surface area contributed by atoms with Crippen molar-refractivity contribution in [3.05, 3.63) is 85.1 Å². The molecule has 0 aliphatic rings. The van der Waals surface area contributed by atoms with Crippen LogP contribution in [0.2, 0.25) is 0 Å². The van der Waals surface area contributed by atoms with Gasteiger partial charge in [-0.05, 0) is 83.5 Å². The third-order valence-corrected chi connectivity index (χ3v) is 11.8. The van der Waals surface area contributed by atoms with Crippen LogP contribution in [0.15, 0.2) is 85.1 Å². The number of ether oxygens (including phenoxy) is 1. The summed E-state index contributed by atoms with van der Waals surface area (Å²) in [6.07, 6.45) is 66.5. The Morgan fingerprint density at radius 2 is 0.906 bits per heavy atom. The van der Waals surface area contributed by atoms with E-state index >= 15 is 0 Å². The van der Waals surface area contributed by atoms with Crippen molar-refractivity contribution in [3.63, 3.8) is 0 Å². The molecule has 0 radical (unpaired) electrons. The van der Waals surface area contributed by atoms with Crippen molar-refractivity contribution in [2.45, 2.75) is 264 Å². The normalized spacial score (nSPS) is 13.9. The number of aliphatic hydroxyl groups is 2. The maximum Gasteiger partial charge on any atom is 0.306 e. The third kappa shape index (κ3) is 45.6. The molecule has 0 aromatic rings. The lowest BCUT2D eigenvalue weighted by atomic mass is 10.0. The summed E-state index contributed by atoms with van der Waals surface area (Å²) in [5.74, 6) is -0.579. The minimum Gasteiger partial charge on any atom is -0.462 e. The fraction of sp³-hybridized carbons (Fsp3) is 0.724. The summed E-state index contributed by atoms with van der Waals surface area (Å²) in [4.78, 5) is 26.1. The number of rotatable bonds is 47. The van der Waals surface area contributed by atoms with E-state index in [4.69, 9.17) is 4.74 Å². The molecule has 0 bridgehead atoms. The number of unbranched alkanes of at least 4 members (excludes halogenated alkanes) is 23. The van der Waals surface area contributed by atoms with E-state index in [1.54, 1.807) is 0 Å². The van der Waals surface area contributed by atoms with Crippen LogP contribution in [0.1, 0.15) is 245 Å². The number of nitrogens with one attached hydrogen (secondary N) is 1. The lowest BCUT2D eigenvalue weighted by molar-refractivity contribution is -0.151. The van der Waals surface area contributed by atoms with Crippen molar-refractivity contribution >= 4 is 11.9 Å². The summed E-state index contributed by atoms with van der Waals surface area (Å²) in [5, 5.41) is 23.8. The lowest BCUT2D eigenvalue weighted by Gasteiger charge is -2.24. The van der Waals surface area contributed by atoms with E-state index in [0.29, 0.717) is 25.7 Å². The van der Waals surface area contributed by atoms with Gasteiger partial charge in [0.1, 0.15) is 6.10 Å². The number of carbonyl (C=O) groups is 2. The molecule has 0 rings (SSSR count). The summed E-state index contributed by atoms with van der Waals surface area (Å²) in [5.41, 5.74) is 0. The molecule has 0 spiro atoms. The third-order valence-electron chi connectivity index (χ3n) is 11.8. The molecule has 0 saturated heterocycles. The van der Waals surface area contributed by atoms with Crippen LogP contribution in [-0.2, 0) is 14.3 Å². The molecule has 3 unspecified atom stereocenters. The van der Waals surface area contributed by atoms with Crippen LogP contribution in [-0.4, -0.2) is 46.9 Å². The second-order valence-electron chi connectivity index (χ2n) is 18.0. The van der Waals surface area contributed by atoms with Gasteiger partial charge in [0.25, 0.3) is 0 Å². The average molecular weight is 892 g/mol. The Balaban J connectivity index is 4.60. The van der Waals surface area contributed by atoms with Crippen molar-refractivity contribution in [2.75, 3.05) is 6.61 Å². The van der Waals surface area contributed by atoms with Crippen LogP contribution in [0.25, 0.3) is 0 Å². The monoisotopic (exact) mass is 892 g/mol. The quantitative estimate of drug-likeness (QED) is 0.0245. The Kier molecular flexibility index (Phi) is 48.7. The highest BCUT2D eigenvalue weighted by atomic mass is 16.5. The smallest absolute Gasteiger partial charge is 0.306 e. The summed E-state index contributed by atoms with van der Waals surface area (Å²) < 4.78 is 5.88. The van der Waals surface area contributed by atoms with Gasteiger partial charge in [0.15, 0.2) is 0 Å². The Hall–Kier alpha value is -2.96. The Morgan fingerprint density at radius 1 is 0.484 bits per heavy atom. The topological polar surface area (TPSA) is 95.9 Å². The second-order valence-corrected chi connectivity index (χ2v) is 18.0.